The summed E-state index contributed by atoms with van der Waals surface area (Å²) < 4.78 is 0. The van der Waals surface area contributed by atoms with E-state index in [4.69, 9.17) is 5.73 Å². The minimum Gasteiger partial charge on any atom is -0.384 e. The van der Waals surface area contributed by atoms with Gasteiger partial charge in [-0.25, -0.2) is 19.9 Å². The Morgan fingerprint density at radius 1 is 1.06 bits per heavy atom. The van der Waals surface area contributed by atoms with Crippen molar-refractivity contribution in [3.63, 3.8) is 0 Å². The van der Waals surface area contributed by atoms with Gasteiger partial charge in [0.2, 0.25) is 0 Å². The first kappa shape index (κ1) is 10.5. The molecule has 0 aliphatic rings. The molecule has 0 spiro atoms. The van der Waals surface area contributed by atoms with Crippen LogP contribution >= 0.6 is 0 Å². The van der Waals surface area contributed by atoms with E-state index in [0.29, 0.717) is 23.4 Å². The highest BCUT2D eigenvalue weighted by Gasteiger charge is 2.09. The van der Waals surface area contributed by atoms with Gasteiger partial charge in [-0.05, 0) is 12.0 Å². The molecule has 2 aromatic rings. The summed E-state index contributed by atoms with van der Waals surface area (Å²) in [5.74, 6) is 1.72. The minimum absolute atomic E-state index is 0.299. The normalized spacial score (nSPS) is 10.7. The van der Waals surface area contributed by atoms with Gasteiger partial charge >= 0.3 is 0 Å². The second-order valence-electron chi connectivity index (χ2n) is 3.77. The second-order valence-corrected chi connectivity index (χ2v) is 3.77. The number of hydrogen-bond donors (Lipinski definition) is 1. The topological polar surface area (TPSA) is 77.6 Å². The third-order valence-electron chi connectivity index (χ3n) is 2.12. The number of nitrogens with zero attached hydrogens (tertiary/aromatic N) is 4. The molecule has 0 atom stereocenters. The van der Waals surface area contributed by atoms with Crippen molar-refractivity contribution < 1.29 is 0 Å². The fourth-order valence-electron chi connectivity index (χ4n) is 1.30. The van der Waals surface area contributed by atoms with E-state index in [9.17, 15) is 0 Å². The Kier molecular flexibility index (Phi) is 2.76. The fraction of sp³-hybridized carbons (Fsp3) is 0.273. The summed E-state index contributed by atoms with van der Waals surface area (Å²) in [4.78, 5) is 16.7. The number of nitrogens with two attached hydrogens (primary N) is 1. The van der Waals surface area contributed by atoms with Crippen molar-refractivity contribution >= 4 is 5.82 Å². The predicted octanol–water partition coefficient (Wildman–Crippen LogP) is 1.64. The van der Waals surface area contributed by atoms with Crippen molar-refractivity contribution in [2.75, 3.05) is 5.73 Å². The van der Waals surface area contributed by atoms with E-state index in [1.165, 1.54) is 0 Å². The molecule has 16 heavy (non-hydrogen) atoms. The van der Waals surface area contributed by atoms with E-state index in [1.807, 2.05) is 0 Å². The van der Waals surface area contributed by atoms with Crippen LogP contribution in [-0.2, 0) is 0 Å². The molecule has 0 fully saturated rings. The summed E-state index contributed by atoms with van der Waals surface area (Å²) in [6.07, 6.45) is 3.31. The number of hydrogen-bond acceptors (Lipinski definition) is 5. The van der Waals surface area contributed by atoms with Crippen LogP contribution in [0.15, 0.2) is 24.5 Å². The molecule has 0 aliphatic carbocycles. The molecule has 0 aromatic carbocycles. The van der Waals surface area contributed by atoms with Crippen molar-refractivity contribution in [2.24, 2.45) is 0 Å². The van der Waals surface area contributed by atoms with E-state index in [1.54, 1.807) is 24.5 Å². The molecule has 0 radical (unpaired) electrons. The summed E-state index contributed by atoms with van der Waals surface area (Å²) in [6.45, 7) is 4.11. The lowest BCUT2D eigenvalue weighted by Crippen LogP contribution is -2.03. The third-order valence-corrected chi connectivity index (χ3v) is 2.12. The van der Waals surface area contributed by atoms with Gasteiger partial charge in [-0.3, -0.25) is 0 Å². The van der Waals surface area contributed by atoms with Gasteiger partial charge in [-0.15, -0.1) is 0 Å². The first-order valence-corrected chi connectivity index (χ1v) is 5.08. The standard InChI is InChI=1S/C11H13N5/c1-7(2)8-6-9(12)16-11(15-8)10-13-4-3-5-14-10/h3-7H,1-2H3,(H2,12,15,16). The van der Waals surface area contributed by atoms with Crippen LogP contribution in [0.3, 0.4) is 0 Å². The third kappa shape index (κ3) is 2.13. The maximum Gasteiger partial charge on any atom is 0.199 e. The SMILES string of the molecule is CC(C)c1cc(N)nc(-c2ncccn2)n1. The Hall–Kier alpha value is -2.04. The molecule has 0 amide bonds. The molecule has 0 saturated carbocycles. The monoisotopic (exact) mass is 215 g/mol. The zero-order chi connectivity index (χ0) is 11.5. The lowest BCUT2D eigenvalue weighted by molar-refractivity contribution is 0.816. The summed E-state index contributed by atoms with van der Waals surface area (Å²) in [5.41, 5.74) is 6.63. The van der Waals surface area contributed by atoms with Crippen LogP contribution in [-0.4, -0.2) is 19.9 Å². The highest BCUT2D eigenvalue weighted by molar-refractivity contribution is 5.47. The zero-order valence-electron chi connectivity index (χ0n) is 9.25. The van der Waals surface area contributed by atoms with Crippen molar-refractivity contribution in [1.29, 1.82) is 0 Å². The lowest BCUT2D eigenvalue weighted by Gasteiger charge is -2.07. The first-order valence-electron chi connectivity index (χ1n) is 5.08. The summed E-state index contributed by atoms with van der Waals surface area (Å²) in [5, 5.41) is 0. The van der Waals surface area contributed by atoms with Gasteiger partial charge in [-0.1, -0.05) is 13.8 Å². The predicted molar refractivity (Wildman–Crippen MR) is 61.6 cm³/mol. The zero-order valence-corrected chi connectivity index (χ0v) is 9.25. The number of anilines is 1. The van der Waals surface area contributed by atoms with Crippen LogP contribution in [0.4, 0.5) is 5.82 Å². The van der Waals surface area contributed by atoms with Gasteiger partial charge in [-0.2, -0.15) is 0 Å². The van der Waals surface area contributed by atoms with E-state index < -0.39 is 0 Å². The highest BCUT2D eigenvalue weighted by Crippen LogP contribution is 2.17. The van der Waals surface area contributed by atoms with Crippen LogP contribution in [0, 0.1) is 0 Å². The first-order chi connectivity index (χ1) is 7.66. The van der Waals surface area contributed by atoms with Crippen LogP contribution in [0.5, 0.6) is 0 Å². The van der Waals surface area contributed by atoms with Crippen LogP contribution in [0.2, 0.25) is 0 Å². The number of nitrogen functional groups attached to an aromatic ring is 1. The molecule has 0 aliphatic heterocycles. The van der Waals surface area contributed by atoms with Crippen LogP contribution < -0.4 is 5.73 Å². The van der Waals surface area contributed by atoms with E-state index >= 15 is 0 Å². The molecule has 2 rings (SSSR count). The molecule has 2 aromatic heterocycles. The average molecular weight is 215 g/mol. The maximum atomic E-state index is 5.73. The summed E-state index contributed by atoms with van der Waals surface area (Å²) in [6, 6.07) is 3.52. The Balaban J connectivity index is 2.50. The molecular weight excluding hydrogens is 202 g/mol. The maximum absolute atomic E-state index is 5.73. The molecular formula is C11H13N5. The Labute approximate surface area is 93.8 Å². The van der Waals surface area contributed by atoms with Gasteiger partial charge in [0.25, 0.3) is 0 Å². The number of rotatable bonds is 2. The van der Waals surface area contributed by atoms with Crippen molar-refractivity contribution in [3.8, 4) is 11.6 Å². The molecule has 0 saturated heterocycles. The summed E-state index contributed by atoms with van der Waals surface area (Å²) in [7, 11) is 0. The van der Waals surface area contributed by atoms with Gasteiger partial charge < -0.3 is 5.73 Å². The molecule has 0 bridgehead atoms. The number of aromatic nitrogens is 4. The van der Waals surface area contributed by atoms with Gasteiger partial charge in [0, 0.05) is 24.2 Å². The molecule has 5 heteroatoms. The molecule has 2 N–H and O–H groups in total. The Morgan fingerprint density at radius 3 is 2.38 bits per heavy atom. The van der Waals surface area contributed by atoms with E-state index in [2.05, 4.69) is 33.8 Å². The van der Waals surface area contributed by atoms with Crippen molar-refractivity contribution in [1.82, 2.24) is 19.9 Å². The fourth-order valence-corrected chi connectivity index (χ4v) is 1.30. The van der Waals surface area contributed by atoms with Gasteiger partial charge in [0.1, 0.15) is 5.82 Å². The quantitative estimate of drug-likeness (QED) is 0.823. The molecule has 5 nitrogen and oxygen atoms in total. The Bertz CT molecular complexity index is 481. The highest BCUT2D eigenvalue weighted by atomic mass is 15.0. The van der Waals surface area contributed by atoms with Gasteiger partial charge in [0.05, 0.1) is 0 Å². The smallest absolute Gasteiger partial charge is 0.199 e. The van der Waals surface area contributed by atoms with E-state index in [0.717, 1.165) is 5.69 Å². The largest absolute Gasteiger partial charge is 0.384 e. The van der Waals surface area contributed by atoms with Crippen LogP contribution in [0.1, 0.15) is 25.5 Å². The second kappa shape index (κ2) is 4.22. The van der Waals surface area contributed by atoms with E-state index in [-0.39, 0.29) is 0 Å². The average Bonchev–Trinajstić information content (AvgIpc) is 2.29. The van der Waals surface area contributed by atoms with Crippen LogP contribution in [0.25, 0.3) is 11.6 Å². The lowest BCUT2D eigenvalue weighted by atomic mass is 10.1. The van der Waals surface area contributed by atoms with Gasteiger partial charge in [0.15, 0.2) is 11.6 Å². The molecule has 2 heterocycles. The molecule has 82 valence electrons. The summed E-state index contributed by atoms with van der Waals surface area (Å²) >= 11 is 0. The molecule has 0 unspecified atom stereocenters. The van der Waals surface area contributed by atoms with Crippen molar-refractivity contribution in [3.05, 3.63) is 30.2 Å². The van der Waals surface area contributed by atoms with Crippen molar-refractivity contribution in [2.45, 2.75) is 19.8 Å². The Morgan fingerprint density at radius 2 is 1.75 bits per heavy atom. The minimum atomic E-state index is 0.299.